The number of rotatable bonds is 7. The predicted octanol–water partition coefficient (Wildman–Crippen LogP) is 4.02. The Labute approximate surface area is 169 Å². The van der Waals surface area contributed by atoms with Crippen LogP contribution in [0.2, 0.25) is 10.3 Å². The van der Waals surface area contributed by atoms with Crippen LogP contribution >= 0.6 is 48.0 Å². The molecule has 1 atom stereocenters. The lowest BCUT2D eigenvalue weighted by atomic mass is 10.1. The molecule has 0 spiro atoms. The number of hydrogen-bond donors (Lipinski definition) is 1. The van der Waals surface area contributed by atoms with Crippen molar-refractivity contribution in [3.63, 3.8) is 0 Å². The lowest BCUT2D eigenvalue weighted by molar-refractivity contribution is -0.146. The van der Waals surface area contributed by atoms with Crippen LogP contribution in [0.5, 0.6) is 0 Å². The molecule has 0 radical (unpaired) electrons. The number of carbonyl (C=O) groups excluding carboxylic acids is 1. The van der Waals surface area contributed by atoms with Crippen molar-refractivity contribution >= 4 is 54.0 Å². The molecule has 0 saturated heterocycles. The third-order valence-corrected chi connectivity index (χ3v) is 3.62. The number of hydrogen-bond acceptors (Lipinski definition) is 5. The molecule has 2 heterocycles. The van der Waals surface area contributed by atoms with Gasteiger partial charge in [0.15, 0.2) is 0 Å². The van der Waals surface area contributed by atoms with Crippen LogP contribution in [0.15, 0.2) is 36.7 Å². The Hall–Kier alpha value is -1.11. The fourth-order valence-electron chi connectivity index (χ4n) is 2.05. The molecule has 2 N–H and O–H groups in total. The summed E-state index contributed by atoms with van der Waals surface area (Å²) in [5, 5.41) is 0.510. The van der Waals surface area contributed by atoms with Gasteiger partial charge in [0.1, 0.15) is 23.0 Å². The van der Waals surface area contributed by atoms with Gasteiger partial charge in [-0.1, -0.05) is 23.2 Å². The van der Waals surface area contributed by atoms with E-state index < -0.39 is 12.0 Å². The van der Waals surface area contributed by atoms with Gasteiger partial charge in [-0.25, -0.2) is 4.98 Å². The van der Waals surface area contributed by atoms with Gasteiger partial charge in [-0.3, -0.25) is 9.78 Å². The maximum absolute atomic E-state index is 11.9. The van der Waals surface area contributed by atoms with Gasteiger partial charge in [0.05, 0.1) is 0 Å². The minimum absolute atomic E-state index is 0. The molecular weight excluding hydrogens is 408 g/mol. The van der Waals surface area contributed by atoms with Crippen molar-refractivity contribution in [2.24, 2.45) is 5.73 Å². The Morgan fingerprint density at radius 1 is 1.12 bits per heavy atom. The molecule has 0 aliphatic rings. The van der Waals surface area contributed by atoms with Gasteiger partial charge >= 0.3 is 5.97 Å². The largest absolute Gasteiger partial charge is 0.460 e. The molecule has 0 aliphatic heterocycles. The lowest BCUT2D eigenvalue weighted by Crippen LogP contribution is -2.32. The van der Waals surface area contributed by atoms with Crippen LogP contribution in [0.3, 0.4) is 0 Å². The van der Waals surface area contributed by atoms with E-state index in [4.69, 9.17) is 33.7 Å². The molecule has 0 unspecified atom stereocenters. The first-order chi connectivity index (χ1) is 11.0. The van der Waals surface area contributed by atoms with E-state index in [-0.39, 0.29) is 41.7 Å². The number of esters is 1. The monoisotopic (exact) mass is 425 g/mol. The lowest BCUT2D eigenvalue weighted by Gasteiger charge is -2.11. The summed E-state index contributed by atoms with van der Waals surface area (Å²) in [4.78, 5) is 19.7. The third-order valence-electron chi connectivity index (χ3n) is 3.24. The molecule has 2 aromatic rings. The average Bonchev–Trinajstić information content (AvgIpc) is 2.52. The van der Waals surface area contributed by atoms with Gasteiger partial charge in [-0.15, -0.1) is 24.8 Å². The van der Waals surface area contributed by atoms with E-state index in [0.29, 0.717) is 12.0 Å². The van der Waals surface area contributed by atoms with Crippen LogP contribution in [0.4, 0.5) is 0 Å². The van der Waals surface area contributed by atoms with Crippen molar-refractivity contribution in [3.8, 4) is 0 Å². The summed E-state index contributed by atoms with van der Waals surface area (Å²) >= 11 is 11.6. The summed E-state index contributed by atoms with van der Waals surface area (Å²) in [5.41, 5.74) is 7.70. The normalized spacial score (nSPS) is 11.0. The molecule has 138 valence electrons. The highest BCUT2D eigenvalue weighted by Gasteiger charge is 2.15. The summed E-state index contributed by atoms with van der Waals surface area (Å²) in [5.74, 6) is -0.441. The quantitative estimate of drug-likeness (QED) is 0.534. The van der Waals surface area contributed by atoms with Gasteiger partial charge in [0.25, 0.3) is 0 Å². The van der Waals surface area contributed by atoms with E-state index in [2.05, 4.69) is 9.97 Å². The Bertz CT molecular complexity index is 639. The first kappa shape index (κ1) is 23.9. The molecule has 0 amide bonds. The Morgan fingerprint density at radius 2 is 1.72 bits per heavy atom. The van der Waals surface area contributed by atoms with Crippen molar-refractivity contribution in [1.29, 1.82) is 0 Å². The van der Waals surface area contributed by atoms with Gasteiger partial charge < -0.3 is 10.5 Å². The van der Waals surface area contributed by atoms with E-state index >= 15 is 0 Å². The van der Waals surface area contributed by atoms with Crippen molar-refractivity contribution < 1.29 is 9.53 Å². The van der Waals surface area contributed by atoms with Crippen molar-refractivity contribution in [2.45, 2.75) is 31.9 Å². The van der Waals surface area contributed by atoms with Gasteiger partial charge in [-0.2, -0.15) is 0 Å². The van der Waals surface area contributed by atoms with Crippen molar-refractivity contribution in [1.82, 2.24) is 9.97 Å². The summed E-state index contributed by atoms with van der Waals surface area (Å²) in [7, 11) is 0. The molecule has 0 aromatic carbocycles. The maximum atomic E-state index is 11.9. The molecule has 0 aliphatic carbocycles. The second-order valence-electron chi connectivity index (χ2n) is 5.08. The van der Waals surface area contributed by atoms with Crippen molar-refractivity contribution in [2.75, 3.05) is 0 Å². The molecule has 5 nitrogen and oxygen atoms in total. The third kappa shape index (κ3) is 8.70. The Morgan fingerprint density at radius 3 is 2.32 bits per heavy atom. The topological polar surface area (TPSA) is 78.1 Å². The van der Waals surface area contributed by atoms with Crippen LogP contribution in [0.1, 0.15) is 24.0 Å². The summed E-state index contributed by atoms with van der Waals surface area (Å²) in [6.45, 7) is 0.0683. The number of halogens is 4. The van der Waals surface area contributed by atoms with E-state index in [9.17, 15) is 4.79 Å². The highest BCUT2D eigenvalue weighted by Crippen LogP contribution is 2.15. The van der Waals surface area contributed by atoms with Gasteiger partial charge in [-0.05, 0) is 54.7 Å². The molecular formula is C16H19Cl4N3O2. The molecule has 2 aromatic heterocycles. The van der Waals surface area contributed by atoms with E-state index in [1.807, 2.05) is 12.1 Å². The van der Waals surface area contributed by atoms with E-state index in [1.165, 1.54) is 5.56 Å². The first-order valence-corrected chi connectivity index (χ1v) is 7.93. The molecule has 9 heteroatoms. The molecule has 0 fully saturated rings. The number of carbonyl (C=O) groups is 1. The smallest absolute Gasteiger partial charge is 0.323 e. The van der Waals surface area contributed by atoms with Crippen LogP contribution in [-0.2, 0) is 22.6 Å². The first-order valence-electron chi connectivity index (χ1n) is 7.17. The van der Waals surface area contributed by atoms with Crippen LogP contribution < -0.4 is 5.73 Å². The standard InChI is InChI=1S/C16H17Cl2N3O2.2ClH/c17-14-8-12(9-15(18)21-14)10-23-16(22)13(19)3-1-2-11-4-6-20-7-5-11;;/h4-9,13H,1-3,10,19H2;2*1H/t13-;;/m0../s1. The highest BCUT2D eigenvalue weighted by molar-refractivity contribution is 6.32. The number of nitrogens with two attached hydrogens (primary N) is 1. The van der Waals surface area contributed by atoms with E-state index in [1.54, 1.807) is 24.5 Å². The number of nitrogens with zero attached hydrogens (tertiary/aromatic N) is 2. The minimum atomic E-state index is -0.649. The number of pyridine rings is 2. The number of aryl methyl sites for hydroxylation is 1. The maximum Gasteiger partial charge on any atom is 0.323 e. The zero-order valence-electron chi connectivity index (χ0n) is 13.2. The SMILES string of the molecule is Cl.Cl.N[C@@H](CCCc1ccncc1)C(=O)OCc1cc(Cl)nc(Cl)c1. The summed E-state index contributed by atoms with van der Waals surface area (Å²) in [6, 6.07) is 6.43. The van der Waals surface area contributed by atoms with E-state index in [0.717, 1.165) is 12.8 Å². The second-order valence-corrected chi connectivity index (χ2v) is 5.86. The highest BCUT2D eigenvalue weighted by atomic mass is 35.5. The fourth-order valence-corrected chi connectivity index (χ4v) is 2.56. The summed E-state index contributed by atoms with van der Waals surface area (Å²) < 4.78 is 5.18. The zero-order valence-corrected chi connectivity index (χ0v) is 16.4. The molecule has 0 bridgehead atoms. The van der Waals surface area contributed by atoms with Gasteiger partial charge in [0.2, 0.25) is 0 Å². The van der Waals surface area contributed by atoms with Crippen molar-refractivity contribution in [3.05, 3.63) is 58.1 Å². The van der Waals surface area contributed by atoms with Crippen LogP contribution in [0, 0.1) is 0 Å². The van der Waals surface area contributed by atoms with Crippen LogP contribution in [-0.4, -0.2) is 22.0 Å². The average molecular weight is 427 g/mol. The Kier molecular flexibility index (Phi) is 11.7. The van der Waals surface area contributed by atoms with Gasteiger partial charge in [0, 0.05) is 12.4 Å². The number of aromatic nitrogens is 2. The number of ether oxygens (including phenoxy) is 1. The Balaban J connectivity index is 0.00000288. The minimum Gasteiger partial charge on any atom is -0.460 e. The second kappa shape index (κ2) is 12.3. The zero-order chi connectivity index (χ0) is 16.7. The molecule has 0 saturated carbocycles. The fraction of sp³-hybridized carbons (Fsp3) is 0.312. The predicted molar refractivity (Wildman–Crippen MR) is 104 cm³/mol. The summed E-state index contributed by atoms with van der Waals surface area (Å²) in [6.07, 6.45) is 5.69. The van der Waals surface area contributed by atoms with Crippen LogP contribution in [0.25, 0.3) is 0 Å². The molecule has 25 heavy (non-hydrogen) atoms. The molecule has 2 rings (SSSR count).